The maximum absolute atomic E-state index is 9.09. The summed E-state index contributed by atoms with van der Waals surface area (Å²) < 4.78 is 0. The molecular formula is C14H12N2S. The second-order valence-electron chi connectivity index (χ2n) is 3.69. The molecule has 0 N–H and O–H groups in total. The molecule has 1 aromatic heterocycles. The molecule has 0 aliphatic carbocycles. The molecule has 0 unspecified atom stereocenters. The fraction of sp³-hybridized carbons (Fsp3) is 0.143. The first kappa shape index (κ1) is 11.7. The normalized spacial score (nSPS) is 9.88. The van der Waals surface area contributed by atoms with Crippen LogP contribution in [0.3, 0.4) is 0 Å². The minimum absolute atomic E-state index is 0.688. The average Bonchev–Trinajstić information content (AvgIpc) is 2.37. The lowest BCUT2D eigenvalue weighted by molar-refractivity contribution is 1.08. The second kappa shape index (κ2) is 5.51. The number of thioether (sulfide) groups is 1. The highest BCUT2D eigenvalue weighted by Crippen LogP contribution is 2.25. The van der Waals surface area contributed by atoms with Gasteiger partial charge in [0.1, 0.15) is 11.1 Å². The van der Waals surface area contributed by atoms with Gasteiger partial charge in [-0.15, -0.1) is 11.8 Å². The Bertz CT molecular complexity index is 544. The molecule has 0 aliphatic heterocycles. The molecule has 0 atom stereocenters. The Morgan fingerprint density at radius 2 is 2.00 bits per heavy atom. The third kappa shape index (κ3) is 2.86. The minimum Gasteiger partial charge on any atom is -0.249 e. The number of aryl methyl sites for hydroxylation is 1. The first-order chi connectivity index (χ1) is 8.31. The van der Waals surface area contributed by atoms with Crippen LogP contribution in [-0.2, 0) is 5.75 Å². The maximum Gasteiger partial charge on any atom is 0.114 e. The maximum atomic E-state index is 9.09. The van der Waals surface area contributed by atoms with Gasteiger partial charge < -0.3 is 0 Å². The molecule has 0 bridgehead atoms. The molecular weight excluding hydrogens is 228 g/mol. The standard InChI is InChI=1S/C14H12N2S/c1-11-7-8-16-14(13(11)9-15)17-10-12-5-3-2-4-6-12/h2-8H,10H2,1H3. The van der Waals surface area contributed by atoms with Gasteiger partial charge in [0, 0.05) is 11.9 Å². The van der Waals surface area contributed by atoms with Crippen molar-refractivity contribution in [1.29, 1.82) is 5.26 Å². The van der Waals surface area contributed by atoms with Gasteiger partial charge in [0.25, 0.3) is 0 Å². The predicted molar refractivity (Wildman–Crippen MR) is 69.7 cm³/mol. The number of nitriles is 1. The van der Waals surface area contributed by atoms with Crippen LogP contribution < -0.4 is 0 Å². The van der Waals surface area contributed by atoms with E-state index in [0.717, 1.165) is 16.3 Å². The summed E-state index contributed by atoms with van der Waals surface area (Å²) in [5.74, 6) is 0.839. The van der Waals surface area contributed by atoms with E-state index >= 15 is 0 Å². The zero-order chi connectivity index (χ0) is 12.1. The first-order valence-corrected chi connectivity index (χ1v) is 6.32. The van der Waals surface area contributed by atoms with Crippen molar-refractivity contribution in [2.45, 2.75) is 17.7 Å². The highest BCUT2D eigenvalue weighted by atomic mass is 32.2. The lowest BCUT2D eigenvalue weighted by atomic mass is 10.2. The molecule has 2 rings (SSSR count). The Labute approximate surface area is 105 Å². The fourth-order valence-electron chi connectivity index (χ4n) is 1.50. The Hall–Kier alpha value is -1.79. The Kier molecular flexibility index (Phi) is 3.79. The summed E-state index contributed by atoms with van der Waals surface area (Å²) in [6.07, 6.45) is 1.75. The van der Waals surface area contributed by atoms with Gasteiger partial charge in [0.05, 0.1) is 5.56 Å². The van der Waals surface area contributed by atoms with Crippen LogP contribution in [0.25, 0.3) is 0 Å². The van der Waals surface area contributed by atoms with Gasteiger partial charge in [0.2, 0.25) is 0 Å². The van der Waals surface area contributed by atoms with Crippen molar-refractivity contribution in [1.82, 2.24) is 4.98 Å². The molecule has 0 saturated heterocycles. The molecule has 0 saturated carbocycles. The highest BCUT2D eigenvalue weighted by Gasteiger charge is 2.06. The molecule has 3 heteroatoms. The summed E-state index contributed by atoms with van der Waals surface area (Å²) in [5.41, 5.74) is 2.91. The van der Waals surface area contributed by atoms with Gasteiger partial charge in [-0.1, -0.05) is 30.3 Å². The van der Waals surface area contributed by atoms with E-state index in [4.69, 9.17) is 5.26 Å². The van der Waals surface area contributed by atoms with Crippen LogP contribution in [0.5, 0.6) is 0 Å². The smallest absolute Gasteiger partial charge is 0.114 e. The van der Waals surface area contributed by atoms with Crippen LogP contribution >= 0.6 is 11.8 Å². The van der Waals surface area contributed by atoms with Crippen LogP contribution in [0.4, 0.5) is 0 Å². The van der Waals surface area contributed by atoms with Crippen LogP contribution in [0, 0.1) is 18.3 Å². The number of benzene rings is 1. The summed E-state index contributed by atoms with van der Waals surface area (Å²) >= 11 is 1.61. The zero-order valence-electron chi connectivity index (χ0n) is 9.55. The number of rotatable bonds is 3. The fourth-order valence-corrected chi connectivity index (χ4v) is 2.49. The van der Waals surface area contributed by atoms with Gasteiger partial charge in [-0.3, -0.25) is 0 Å². The molecule has 2 aromatic rings. The van der Waals surface area contributed by atoms with E-state index in [1.54, 1.807) is 18.0 Å². The van der Waals surface area contributed by atoms with Crippen LogP contribution in [0.2, 0.25) is 0 Å². The number of aromatic nitrogens is 1. The molecule has 0 radical (unpaired) electrons. The van der Waals surface area contributed by atoms with E-state index in [1.807, 2.05) is 31.2 Å². The van der Waals surface area contributed by atoms with Crippen molar-refractivity contribution in [2.24, 2.45) is 0 Å². The molecule has 0 aliphatic rings. The van der Waals surface area contributed by atoms with Crippen molar-refractivity contribution in [3.8, 4) is 6.07 Å². The van der Waals surface area contributed by atoms with E-state index in [2.05, 4.69) is 23.2 Å². The zero-order valence-corrected chi connectivity index (χ0v) is 10.4. The van der Waals surface area contributed by atoms with Crippen LogP contribution in [0.1, 0.15) is 16.7 Å². The quantitative estimate of drug-likeness (QED) is 0.770. The lowest BCUT2D eigenvalue weighted by Crippen LogP contribution is -1.91. The number of hydrogen-bond acceptors (Lipinski definition) is 3. The van der Waals surface area contributed by atoms with Crippen molar-refractivity contribution >= 4 is 11.8 Å². The minimum atomic E-state index is 0.688. The monoisotopic (exact) mass is 240 g/mol. The molecule has 0 fully saturated rings. The van der Waals surface area contributed by atoms with E-state index in [1.165, 1.54) is 5.56 Å². The Morgan fingerprint density at radius 3 is 2.71 bits per heavy atom. The SMILES string of the molecule is Cc1ccnc(SCc2ccccc2)c1C#N. The van der Waals surface area contributed by atoms with E-state index in [-0.39, 0.29) is 0 Å². The van der Waals surface area contributed by atoms with Gasteiger partial charge in [-0.05, 0) is 24.1 Å². The number of pyridine rings is 1. The van der Waals surface area contributed by atoms with Crippen molar-refractivity contribution in [3.63, 3.8) is 0 Å². The van der Waals surface area contributed by atoms with Gasteiger partial charge >= 0.3 is 0 Å². The molecule has 1 aromatic carbocycles. The molecule has 84 valence electrons. The summed E-state index contributed by atoms with van der Waals surface area (Å²) in [4.78, 5) is 4.27. The first-order valence-electron chi connectivity index (χ1n) is 5.33. The third-order valence-corrected chi connectivity index (χ3v) is 3.52. The second-order valence-corrected chi connectivity index (χ2v) is 4.66. The highest BCUT2D eigenvalue weighted by molar-refractivity contribution is 7.98. The third-order valence-electron chi connectivity index (χ3n) is 2.45. The summed E-state index contributed by atoms with van der Waals surface area (Å²) in [6.45, 7) is 1.94. The van der Waals surface area contributed by atoms with E-state index < -0.39 is 0 Å². The Balaban J connectivity index is 2.15. The predicted octanol–water partition coefficient (Wildman–Crippen LogP) is 3.55. The summed E-state index contributed by atoms with van der Waals surface area (Å²) in [6, 6.07) is 14.3. The topological polar surface area (TPSA) is 36.7 Å². The summed E-state index contributed by atoms with van der Waals surface area (Å²) in [7, 11) is 0. The average molecular weight is 240 g/mol. The molecule has 2 nitrogen and oxygen atoms in total. The van der Waals surface area contributed by atoms with Crippen molar-refractivity contribution in [3.05, 3.63) is 59.3 Å². The van der Waals surface area contributed by atoms with Crippen LogP contribution in [-0.4, -0.2) is 4.98 Å². The van der Waals surface area contributed by atoms with Gasteiger partial charge in [-0.25, -0.2) is 4.98 Å². The number of hydrogen-bond donors (Lipinski definition) is 0. The van der Waals surface area contributed by atoms with Gasteiger partial charge in [-0.2, -0.15) is 5.26 Å². The Morgan fingerprint density at radius 1 is 1.24 bits per heavy atom. The van der Waals surface area contributed by atoms with E-state index in [9.17, 15) is 0 Å². The van der Waals surface area contributed by atoms with Gasteiger partial charge in [0.15, 0.2) is 0 Å². The van der Waals surface area contributed by atoms with Crippen molar-refractivity contribution in [2.75, 3.05) is 0 Å². The number of nitrogens with zero attached hydrogens (tertiary/aromatic N) is 2. The van der Waals surface area contributed by atoms with E-state index in [0.29, 0.717) is 5.56 Å². The van der Waals surface area contributed by atoms with Crippen LogP contribution in [0.15, 0.2) is 47.6 Å². The molecule has 0 spiro atoms. The summed E-state index contributed by atoms with van der Waals surface area (Å²) in [5, 5.41) is 9.91. The molecule has 17 heavy (non-hydrogen) atoms. The molecule has 1 heterocycles. The molecule has 0 amide bonds. The lowest BCUT2D eigenvalue weighted by Gasteiger charge is -2.04. The largest absolute Gasteiger partial charge is 0.249 e. The van der Waals surface area contributed by atoms with Crippen molar-refractivity contribution < 1.29 is 0 Å².